The quantitative estimate of drug-likeness (QED) is 0.482. The molecule has 0 spiro atoms. The minimum absolute atomic E-state index is 0. The minimum Gasteiger partial charge on any atom is -0.439 e. The number of halogens is 2. The standard InChI is InChI=1S/C15H19N3OS.2BrH/c1-12-11-14(19-13-7-5-4-6-8-13)17-15(16-12)20-10-9-18(2)3;;/h4-8,11H,9-10H2,1-3H3;2*1H. The fourth-order valence-corrected chi connectivity index (χ4v) is 2.56. The van der Waals surface area contributed by atoms with E-state index in [1.54, 1.807) is 11.8 Å². The number of hydrogen-bond acceptors (Lipinski definition) is 5. The SMILES string of the molecule is Br.Br.Cc1cc(Oc2ccccc2)nc(SCCN(C)C)n1. The van der Waals surface area contributed by atoms with Crippen LogP contribution < -0.4 is 4.74 Å². The van der Waals surface area contributed by atoms with Gasteiger partial charge in [-0.3, -0.25) is 0 Å². The number of benzene rings is 1. The maximum atomic E-state index is 5.75. The Morgan fingerprint density at radius 2 is 1.77 bits per heavy atom. The summed E-state index contributed by atoms with van der Waals surface area (Å²) >= 11 is 1.64. The lowest BCUT2D eigenvalue weighted by Gasteiger charge is -2.09. The van der Waals surface area contributed by atoms with Crippen molar-refractivity contribution in [3.05, 3.63) is 42.1 Å². The molecule has 0 saturated heterocycles. The largest absolute Gasteiger partial charge is 0.439 e. The molecule has 0 bridgehead atoms. The third-order valence-electron chi connectivity index (χ3n) is 2.55. The van der Waals surface area contributed by atoms with Crippen LogP contribution in [0.4, 0.5) is 0 Å². The lowest BCUT2D eigenvalue weighted by Crippen LogP contribution is -2.15. The number of aromatic nitrogens is 2. The average molecular weight is 451 g/mol. The summed E-state index contributed by atoms with van der Waals surface area (Å²) in [6, 6.07) is 11.5. The van der Waals surface area contributed by atoms with Gasteiger partial charge in [0.25, 0.3) is 0 Å². The van der Waals surface area contributed by atoms with Crippen molar-refractivity contribution in [3.8, 4) is 11.6 Å². The lowest BCUT2D eigenvalue weighted by molar-refractivity contribution is 0.437. The summed E-state index contributed by atoms with van der Waals surface area (Å²) in [7, 11) is 4.11. The Bertz CT molecular complexity index is 556. The molecule has 0 saturated carbocycles. The summed E-state index contributed by atoms with van der Waals surface area (Å²) in [5.41, 5.74) is 0.915. The van der Waals surface area contributed by atoms with Gasteiger partial charge in [-0.1, -0.05) is 30.0 Å². The molecule has 4 nitrogen and oxygen atoms in total. The molecule has 1 aromatic carbocycles. The summed E-state index contributed by atoms with van der Waals surface area (Å²) in [6.07, 6.45) is 0. The predicted octanol–water partition coefficient (Wildman–Crippen LogP) is 4.39. The topological polar surface area (TPSA) is 38.2 Å². The van der Waals surface area contributed by atoms with E-state index in [-0.39, 0.29) is 34.0 Å². The maximum Gasteiger partial charge on any atom is 0.223 e. The first-order chi connectivity index (χ1) is 9.63. The predicted molar refractivity (Wildman–Crippen MR) is 103 cm³/mol. The molecule has 2 rings (SSSR count). The van der Waals surface area contributed by atoms with Crippen molar-refractivity contribution in [2.75, 3.05) is 26.4 Å². The van der Waals surface area contributed by atoms with Gasteiger partial charge in [0.1, 0.15) is 5.75 Å². The highest BCUT2D eigenvalue weighted by Gasteiger charge is 2.05. The second kappa shape index (κ2) is 11.0. The number of ether oxygens (including phenoxy) is 1. The average Bonchev–Trinajstić information content (AvgIpc) is 2.38. The fourth-order valence-electron chi connectivity index (χ4n) is 1.56. The van der Waals surface area contributed by atoms with Crippen molar-refractivity contribution in [1.29, 1.82) is 0 Å². The van der Waals surface area contributed by atoms with E-state index in [4.69, 9.17) is 4.74 Å². The summed E-state index contributed by atoms with van der Waals surface area (Å²) in [6.45, 7) is 2.95. The van der Waals surface area contributed by atoms with Gasteiger partial charge in [-0.2, -0.15) is 4.98 Å². The number of para-hydroxylation sites is 1. The van der Waals surface area contributed by atoms with Crippen LogP contribution in [-0.4, -0.2) is 41.3 Å². The van der Waals surface area contributed by atoms with Crippen molar-refractivity contribution < 1.29 is 4.74 Å². The first-order valence-electron chi connectivity index (χ1n) is 6.49. The van der Waals surface area contributed by atoms with Crippen LogP contribution in [0.5, 0.6) is 11.6 Å². The summed E-state index contributed by atoms with van der Waals surface area (Å²) in [5, 5.41) is 0.762. The highest BCUT2D eigenvalue weighted by Crippen LogP contribution is 2.22. The van der Waals surface area contributed by atoms with E-state index >= 15 is 0 Å². The van der Waals surface area contributed by atoms with Crippen LogP contribution in [0, 0.1) is 6.92 Å². The van der Waals surface area contributed by atoms with Crippen molar-refractivity contribution in [2.24, 2.45) is 0 Å². The monoisotopic (exact) mass is 449 g/mol. The zero-order valence-electron chi connectivity index (χ0n) is 12.9. The van der Waals surface area contributed by atoms with Crippen LogP contribution in [0.15, 0.2) is 41.6 Å². The van der Waals surface area contributed by atoms with E-state index in [1.165, 1.54) is 0 Å². The number of aryl methyl sites for hydroxylation is 1. The van der Waals surface area contributed by atoms with Crippen LogP contribution in [0.1, 0.15) is 5.69 Å². The minimum atomic E-state index is 0. The van der Waals surface area contributed by atoms with Gasteiger partial charge in [0.2, 0.25) is 5.88 Å². The van der Waals surface area contributed by atoms with Gasteiger partial charge < -0.3 is 9.64 Å². The molecule has 2 aromatic rings. The van der Waals surface area contributed by atoms with E-state index in [0.717, 1.165) is 28.9 Å². The van der Waals surface area contributed by atoms with Gasteiger partial charge in [0.05, 0.1) is 0 Å². The Labute approximate surface area is 157 Å². The zero-order valence-corrected chi connectivity index (χ0v) is 17.1. The Morgan fingerprint density at radius 3 is 2.41 bits per heavy atom. The molecular weight excluding hydrogens is 430 g/mol. The number of thioether (sulfide) groups is 1. The van der Waals surface area contributed by atoms with Gasteiger partial charge in [-0.25, -0.2) is 4.98 Å². The molecule has 0 aliphatic carbocycles. The summed E-state index contributed by atoms with van der Waals surface area (Å²) in [4.78, 5) is 11.0. The Morgan fingerprint density at radius 1 is 1.09 bits per heavy atom. The Balaban J connectivity index is 0.00000220. The fraction of sp³-hybridized carbons (Fsp3) is 0.333. The van der Waals surface area contributed by atoms with Crippen molar-refractivity contribution >= 4 is 45.7 Å². The van der Waals surface area contributed by atoms with E-state index in [9.17, 15) is 0 Å². The molecule has 122 valence electrons. The lowest BCUT2D eigenvalue weighted by atomic mass is 10.3. The molecule has 7 heteroatoms. The van der Waals surface area contributed by atoms with E-state index < -0.39 is 0 Å². The van der Waals surface area contributed by atoms with Crippen LogP contribution >= 0.6 is 45.7 Å². The zero-order chi connectivity index (χ0) is 14.4. The van der Waals surface area contributed by atoms with Gasteiger partial charge >= 0.3 is 0 Å². The molecule has 0 unspecified atom stereocenters. The second-order valence-electron chi connectivity index (χ2n) is 4.70. The molecule has 0 radical (unpaired) electrons. The van der Waals surface area contributed by atoms with Gasteiger partial charge in [0.15, 0.2) is 5.16 Å². The maximum absolute atomic E-state index is 5.75. The second-order valence-corrected chi connectivity index (χ2v) is 5.76. The molecule has 1 aromatic heterocycles. The first-order valence-corrected chi connectivity index (χ1v) is 7.48. The molecule has 0 fully saturated rings. The van der Waals surface area contributed by atoms with Gasteiger partial charge in [-0.05, 0) is 33.2 Å². The molecule has 0 amide bonds. The normalized spacial score (nSPS) is 9.82. The molecule has 1 heterocycles. The van der Waals surface area contributed by atoms with Crippen LogP contribution in [0.2, 0.25) is 0 Å². The van der Waals surface area contributed by atoms with Crippen molar-refractivity contribution in [1.82, 2.24) is 14.9 Å². The Hall–Kier alpha value is -0.630. The number of rotatable bonds is 6. The van der Waals surface area contributed by atoms with Crippen molar-refractivity contribution in [2.45, 2.75) is 12.1 Å². The smallest absolute Gasteiger partial charge is 0.223 e. The third kappa shape index (κ3) is 7.58. The van der Waals surface area contributed by atoms with E-state index in [0.29, 0.717) is 5.88 Å². The van der Waals surface area contributed by atoms with Crippen LogP contribution in [0.25, 0.3) is 0 Å². The van der Waals surface area contributed by atoms with Crippen molar-refractivity contribution in [3.63, 3.8) is 0 Å². The molecule has 0 aliphatic rings. The third-order valence-corrected chi connectivity index (χ3v) is 3.37. The first kappa shape index (κ1) is 21.4. The molecule has 0 aliphatic heterocycles. The van der Waals surface area contributed by atoms with E-state index in [1.807, 2.05) is 43.3 Å². The molecule has 0 atom stereocenters. The van der Waals surface area contributed by atoms with Crippen LogP contribution in [0.3, 0.4) is 0 Å². The number of hydrogen-bond donors (Lipinski definition) is 0. The Kier molecular flexibility index (Phi) is 10.7. The van der Waals surface area contributed by atoms with E-state index in [2.05, 4.69) is 29.0 Å². The summed E-state index contributed by atoms with van der Waals surface area (Å²) < 4.78 is 5.75. The highest BCUT2D eigenvalue weighted by molar-refractivity contribution is 8.93. The van der Waals surface area contributed by atoms with Gasteiger partial charge in [-0.15, -0.1) is 34.0 Å². The van der Waals surface area contributed by atoms with Gasteiger partial charge in [0, 0.05) is 24.1 Å². The summed E-state index contributed by atoms with van der Waals surface area (Å²) in [5.74, 6) is 2.34. The molecule has 22 heavy (non-hydrogen) atoms. The number of nitrogens with zero attached hydrogens (tertiary/aromatic N) is 3. The molecule has 0 N–H and O–H groups in total. The highest BCUT2D eigenvalue weighted by atomic mass is 79.9. The molecular formula is C15H21Br2N3OS. The van der Waals surface area contributed by atoms with Crippen LogP contribution in [-0.2, 0) is 0 Å².